The first-order valence-electron chi connectivity index (χ1n) is 12.9. The second-order valence-electron chi connectivity index (χ2n) is 9.53. The second kappa shape index (κ2) is 12.4. The lowest BCUT2D eigenvalue weighted by atomic mass is 9.97. The van der Waals surface area contributed by atoms with Gasteiger partial charge >= 0.3 is 0 Å². The van der Waals surface area contributed by atoms with Crippen molar-refractivity contribution in [2.45, 2.75) is 37.5 Å². The van der Waals surface area contributed by atoms with Gasteiger partial charge in [-0.2, -0.15) is 0 Å². The lowest BCUT2D eigenvalue weighted by Crippen LogP contribution is -2.49. The van der Waals surface area contributed by atoms with Crippen LogP contribution in [-0.4, -0.2) is 67.0 Å². The standard InChI is InChI=1S/C29H35N3O5/c1-34-27-9-5-8-24-23(10-11-30-29(24)27)26(33)19-32-12-13-36-22(18-32)17-31-25(28-20-35-14-15-37-28)16-21-6-3-2-4-7-21/h2-3,5-6,8-11,14-15,20,22,25-26,31,33H,4,7,12-13,16-19H2,1H3. The van der Waals surface area contributed by atoms with Crippen LogP contribution in [0.15, 0.2) is 78.8 Å². The highest BCUT2D eigenvalue weighted by molar-refractivity contribution is 5.87. The summed E-state index contributed by atoms with van der Waals surface area (Å²) in [5.74, 6) is 1.47. The molecule has 0 radical (unpaired) electrons. The first-order chi connectivity index (χ1) is 18.2. The number of benzene rings is 1. The first kappa shape index (κ1) is 25.5. The third kappa shape index (κ3) is 6.40. The Balaban J connectivity index is 1.20. The molecule has 1 aromatic carbocycles. The summed E-state index contributed by atoms with van der Waals surface area (Å²) in [6.07, 6.45) is 15.3. The number of nitrogens with one attached hydrogen (secondary N) is 1. The summed E-state index contributed by atoms with van der Waals surface area (Å²) in [5.41, 5.74) is 3.00. The van der Waals surface area contributed by atoms with Gasteiger partial charge in [0.25, 0.3) is 0 Å². The fraction of sp³-hybridized carbons (Fsp3) is 0.414. The zero-order valence-corrected chi connectivity index (χ0v) is 21.2. The molecule has 2 aliphatic heterocycles. The van der Waals surface area contributed by atoms with Crippen LogP contribution in [0.4, 0.5) is 0 Å². The smallest absolute Gasteiger partial charge is 0.155 e. The van der Waals surface area contributed by atoms with E-state index in [4.69, 9.17) is 18.9 Å². The molecule has 3 heterocycles. The van der Waals surface area contributed by atoms with E-state index in [1.165, 1.54) is 11.8 Å². The van der Waals surface area contributed by atoms with Crippen molar-refractivity contribution in [3.8, 4) is 5.75 Å². The lowest BCUT2D eigenvalue weighted by molar-refractivity contribution is -0.0403. The molecule has 0 saturated carbocycles. The maximum absolute atomic E-state index is 11.2. The van der Waals surface area contributed by atoms with Crippen molar-refractivity contribution in [2.24, 2.45) is 0 Å². The van der Waals surface area contributed by atoms with E-state index in [-0.39, 0.29) is 12.1 Å². The summed E-state index contributed by atoms with van der Waals surface area (Å²) < 4.78 is 22.7. The van der Waals surface area contributed by atoms with Gasteiger partial charge in [-0.3, -0.25) is 9.88 Å². The van der Waals surface area contributed by atoms with Gasteiger partial charge in [-0.1, -0.05) is 35.9 Å². The number of para-hydroxylation sites is 1. The largest absolute Gasteiger partial charge is 0.494 e. The van der Waals surface area contributed by atoms with Crippen molar-refractivity contribution in [3.63, 3.8) is 0 Å². The Bertz CT molecular complexity index is 1190. The van der Waals surface area contributed by atoms with Crippen LogP contribution < -0.4 is 10.1 Å². The molecular formula is C29H35N3O5. The average molecular weight is 506 g/mol. The van der Waals surface area contributed by atoms with Crippen molar-refractivity contribution in [1.82, 2.24) is 15.2 Å². The van der Waals surface area contributed by atoms with Crippen LogP contribution >= 0.6 is 0 Å². The van der Waals surface area contributed by atoms with Crippen LogP contribution in [0, 0.1) is 0 Å². The normalized spacial score (nSPS) is 21.5. The summed E-state index contributed by atoms with van der Waals surface area (Å²) in [4.78, 5) is 6.72. The number of ether oxygens (including phenoxy) is 4. The van der Waals surface area contributed by atoms with Gasteiger partial charge in [-0.25, -0.2) is 0 Å². The Hall–Kier alpha value is -3.17. The molecule has 8 nitrogen and oxygen atoms in total. The van der Waals surface area contributed by atoms with E-state index in [9.17, 15) is 5.11 Å². The van der Waals surface area contributed by atoms with Crippen LogP contribution in [0.1, 0.15) is 30.9 Å². The molecule has 0 amide bonds. The molecule has 1 aromatic heterocycles. The van der Waals surface area contributed by atoms with Crippen LogP contribution in [0.25, 0.3) is 10.9 Å². The topological polar surface area (TPSA) is 85.3 Å². The molecule has 3 unspecified atom stereocenters. The van der Waals surface area contributed by atoms with E-state index >= 15 is 0 Å². The number of aliphatic hydroxyl groups is 1. The second-order valence-corrected chi connectivity index (χ2v) is 9.53. The number of morpholine rings is 1. The molecule has 3 aliphatic rings. The van der Waals surface area contributed by atoms with Crippen LogP contribution in [0.3, 0.4) is 0 Å². The first-order valence-corrected chi connectivity index (χ1v) is 12.9. The number of fused-ring (bicyclic) bond motifs is 1. The van der Waals surface area contributed by atoms with Crippen LogP contribution in [-0.2, 0) is 14.2 Å². The Kier molecular flexibility index (Phi) is 8.53. The number of methoxy groups -OCH3 is 1. The average Bonchev–Trinajstić information content (AvgIpc) is 2.95. The van der Waals surface area contributed by atoms with Crippen molar-refractivity contribution in [1.29, 1.82) is 0 Å². The van der Waals surface area contributed by atoms with Crippen molar-refractivity contribution >= 4 is 10.9 Å². The van der Waals surface area contributed by atoms with Gasteiger partial charge in [0.05, 0.1) is 32.0 Å². The quantitative estimate of drug-likeness (QED) is 0.502. The molecule has 5 rings (SSSR count). The molecule has 1 saturated heterocycles. The maximum atomic E-state index is 11.2. The summed E-state index contributed by atoms with van der Waals surface area (Å²) in [7, 11) is 1.63. The van der Waals surface area contributed by atoms with Crippen molar-refractivity contribution in [3.05, 3.63) is 84.4 Å². The zero-order chi connectivity index (χ0) is 25.5. The minimum atomic E-state index is -0.645. The van der Waals surface area contributed by atoms with Crippen LogP contribution in [0.2, 0.25) is 0 Å². The summed E-state index contributed by atoms with van der Waals surface area (Å²) in [6, 6.07) is 7.67. The number of aliphatic hydroxyl groups excluding tert-OH is 1. The van der Waals surface area contributed by atoms with Gasteiger partial charge in [0.15, 0.2) is 5.76 Å². The number of allylic oxidation sites excluding steroid dienone is 3. The number of β-amino-alcohol motifs (C(OH)–C–C–N with tert-alkyl or cyclic N) is 1. The highest BCUT2D eigenvalue weighted by Crippen LogP contribution is 2.29. The fourth-order valence-corrected chi connectivity index (χ4v) is 5.11. The number of hydrogen-bond acceptors (Lipinski definition) is 8. The lowest BCUT2D eigenvalue weighted by Gasteiger charge is -2.35. The van der Waals surface area contributed by atoms with E-state index in [0.717, 1.165) is 54.6 Å². The van der Waals surface area contributed by atoms with Crippen molar-refractivity contribution < 1.29 is 24.1 Å². The Morgan fingerprint density at radius 2 is 2.22 bits per heavy atom. The van der Waals surface area contributed by atoms with E-state index in [2.05, 4.69) is 33.4 Å². The van der Waals surface area contributed by atoms with Gasteiger partial charge in [0.1, 0.15) is 30.1 Å². The third-order valence-electron chi connectivity index (χ3n) is 7.02. The van der Waals surface area contributed by atoms with E-state index in [0.29, 0.717) is 25.4 Å². The minimum absolute atomic E-state index is 0.00129. The number of pyridine rings is 1. The fourth-order valence-electron chi connectivity index (χ4n) is 5.11. The van der Waals surface area contributed by atoms with Gasteiger partial charge in [-0.15, -0.1) is 0 Å². The zero-order valence-electron chi connectivity index (χ0n) is 21.2. The Morgan fingerprint density at radius 1 is 1.27 bits per heavy atom. The SMILES string of the molecule is COc1cccc2c(C(O)CN3CCOC(CNC(CC4=CC=CCC4)C4=COC=CO4)C3)ccnc12. The highest BCUT2D eigenvalue weighted by Gasteiger charge is 2.26. The number of rotatable bonds is 10. The molecule has 3 atom stereocenters. The predicted octanol–water partition coefficient (Wildman–Crippen LogP) is 3.96. The Morgan fingerprint density at radius 3 is 3.03 bits per heavy atom. The van der Waals surface area contributed by atoms with Gasteiger partial charge < -0.3 is 29.4 Å². The summed E-state index contributed by atoms with van der Waals surface area (Å²) in [6.45, 7) is 3.31. The number of hydrogen-bond donors (Lipinski definition) is 2. The van der Waals surface area contributed by atoms with Gasteiger partial charge in [-0.05, 0) is 37.0 Å². The molecule has 1 aliphatic carbocycles. The molecule has 2 N–H and O–H groups in total. The van der Waals surface area contributed by atoms with Crippen LogP contribution in [0.5, 0.6) is 5.75 Å². The monoisotopic (exact) mass is 505 g/mol. The Labute approximate surface area is 217 Å². The molecule has 0 bridgehead atoms. The number of aromatic nitrogens is 1. The van der Waals surface area contributed by atoms with E-state index in [1.54, 1.807) is 25.8 Å². The molecule has 37 heavy (non-hydrogen) atoms. The minimum Gasteiger partial charge on any atom is -0.494 e. The molecule has 0 spiro atoms. The highest BCUT2D eigenvalue weighted by atomic mass is 16.5. The third-order valence-corrected chi connectivity index (χ3v) is 7.02. The molecule has 8 heteroatoms. The predicted molar refractivity (Wildman–Crippen MR) is 142 cm³/mol. The van der Waals surface area contributed by atoms with E-state index < -0.39 is 6.10 Å². The summed E-state index contributed by atoms with van der Waals surface area (Å²) >= 11 is 0. The molecule has 2 aromatic rings. The van der Waals surface area contributed by atoms with Crippen molar-refractivity contribution in [2.75, 3.05) is 39.9 Å². The molecule has 1 fully saturated rings. The molecular weight excluding hydrogens is 470 g/mol. The number of nitrogens with zero attached hydrogens (tertiary/aromatic N) is 2. The maximum Gasteiger partial charge on any atom is 0.155 e. The van der Waals surface area contributed by atoms with Gasteiger partial charge in [0, 0.05) is 37.8 Å². The van der Waals surface area contributed by atoms with Gasteiger partial charge in [0.2, 0.25) is 0 Å². The molecule has 196 valence electrons. The van der Waals surface area contributed by atoms with E-state index in [1.807, 2.05) is 24.3 Å². The summed E-state index contributed by atoms with van der Waals surface area (Å²) in [5, 5.41) is 15.7.